The van der Waals surface area contributed by atoms with E-state index in [1.807, 2.05) is 19.9 Å². The second kappa shape index (κ2) is 3.38. The minimum absolute atomic E-state index is 0.307. The highest BCUT2D eigenvalue weighted by Crippen LogP contribution is 2.09. The monoisotopic (exact) mass is 167 g/mol. The Kier molecular flexibility index (Phi) is 2.47. The van der Waals surface area contributed by atoms with Gasteiger partial charge < -0.3 is 5.73 Å². The average molecular weight is 167 g/mol. The van der Waals surface area contributed by atoms with Crippen molar-refractivity contribution in [3.05, 3.63) is 18.0 Å². The first kappa shape index (κ1) is 8.77. The summed E-state index contributed by atoms with van der Waals surface area (Å²) in [7, 11) is 0. The van der Waals surface area contributed by atoms with Gasteiger partial charge in [0, 0.05) is 6.20 Å². The number of hydrogen-bond donors (Lipinski definition) is 1. The Hall–Kier alpha value is -1.32. The van der Waals surface area contributed by atoms with Crippen LogP contribution in [0.25, 0.3) is 0 Å². The molecule has 0 aliphatic rings. The van der Waals surface area contributed by atoms with Crippen molar-refractivity contribution in [2.45, 2.75) is 26.3 Å². The molecule has 0 bridgehead atoms. The van der Waals surface area contributed by atoms with E-state index in [0.717, 1.165) is 5.69 Å². The summed E-state index contributed by atoms with van der Waals surface area (Å²) in [5, 5.41) is 4.12. The topological polar surface area (TPSA) is 60.9 Å². The summed E-state index contributed by atoms with van der Waals surface area (Å²) >= 11 is 0. The van der Waals surface area contributed by atoms with E-state index < -0.39 is 0 Å². The molecule has 1 atom stereocenters. The Bertz CT molecular complexity index is 280. The molecule has 1 rings (SSSR count). The minimum Gasteiger partial charge on any atom is -0.368 e. The predicted octanol–water partition coefficient (Wildman–Crippen LogP) is 0.628. The highest BCUT2D eigenvalue weighted by Gasteiger charge is 2.14. The molecule has 0 aliphatic heterocycles. The van der Waals surface area contributed by atoms with E-state index >= 15 is 0 Å². The van der Waals surface area contributed by atoms with Crippen molar-refractivity contribution in [3.8, 4) is 0 Å². The maximum absolute atomic E-state index is 10.9. The maximum atomic E-state index is 10.9. The van der Waals surface area contributed by atoms with Crippen molar-refractivity contribution in [1.82, 2.24) is 9.78 Å². The molecular formula is C8H13N3O. The largest absolute Gasteiger partial charge is 0.368 e. The molecule has 0 saturated heterocycles. The molecule has 0 spiro atoms. The third-order valence-electron chi connectivity index (χ3n) is 1.78. The van der Waals surface area contributed by atoms with E-state index in [-0.39, 0.29) is 11.9 Å². The first-order valence-corrected chi connectivity index (χ1v) is 3.96. The molecule has 0 saturated carbocycles. The first-order chi connectivity index (χ1) is 5.65. The normalized spacial score (nSPS) is 12.8. The van der Waals surface area contributed by atoms with Crippen LogP contribution in [0.4, 0.5) is 0 Å². The van der Waals surface area contributed by atoms with Crippen molar-refractivity contribution in [3.63, 3.8) is 0 Å². The fourth-order valence-electron chi connectivity index (χ4n) is 1.13. The standard InChI is InChI=1S/C8H13N3O/c1-3-7(8(9)12)11-5-4-6(2)10-11/h4-5,7H,3H2,1-2H3,(H2,9,12). The van der Waals surface area contributed by atoms with Gasteiger partial charge in [0.1, 0.15) is 6.04 Å². The van der Waals surface area contributed by atoms with E-state index in [2.05, 4.69) is 5.10 Å². The number of hydrogen-bond acceptors (Lipinski definition) is 2. The summed E-state index contributed by atoms with van der Waals surface area (Å²) in [6, 6.07) is 1.55. The molecule has 66 valence electrons. The highest BCUT2D eigenvalue weighted by atomic mass is 16.1. The summed E-state index contributed by atoms with van der Waals surface area (Å²) in [6.45, 7) is 3.79. The molecule has 4 nitrogen and oxygen atoms in total. The molecule has 0 fully saturated rings. The molecule has 4 heteroatoms. The summed E-state index contributed by atoms with van der Waals surface area (Å²) in [5.41, 5.74) is 6.09. The Morgan fingerprint density at radius 1 is 1.83 bits per heavy atom. The number of primary amides is 1. The Balaban J connectivity index is 2.87. The van der Waals surface area contributed by atoms with Crippen LogP contribution in [0, 0.1) is 6.92 Å². The molecule has 1 aromatic heterocycles. The van der Waals surface area contributed by atoms with Gasteiger partial charge in [-0.25, -0.2) is 0 Å². The van der Waals surface area contributed by atoms with Crippen LogP contribution in [0.3, 0.4) is 0 Å². The number of carbonyl (C=O) groups excluding carboxylic acids is 1. The molecular weight excluding hydrogens is 154 g/mol. The summed E-state index contributed by atoms with van der Waals surface area (Å²) in [4.78, 5) is 10.9. The summed E-state index contributed by atoms with van der Waals surface area (Å²) in [5.74, 6) is -0.333. The number of amides is 1. The zero-order valence-corrected chi connectivity index (χ0v) is 7.32. The second-order valence-corrected chi connectivity index (χ2v) is 2.76. The number of carbonyl (C=O) groups is 1. The Labute approximate surface area is 71.4 Å². The van der Waals surface area contributed by atoms with Gasteiger partial charge in [0.15, 0.2) is 0 Å². The lowest BCUT2D eigenvalue weighted by Gasteiger charge is -2.10. The third-order valence-corrected chi connectivity index (χ3v) is 1.78. The molecule has 12 heavy (non-hydrogen) atoms. The average Bonchev–Trinajstić information content (AvgIpc) is 2.37. The van der Waals surface area contributed by atoms with Crippen LogP contribution in [0.2, 0.25) is 0 Å². The number of rotatable bonds is 3. The van der Waals surface area contributed by atoms with Crippen molar-refractivity contribution in [1.29, 1.82) is 0 Å². The van der Waals surface area contributed by atoms with E-state index in [9.17, 15) is 4.79 Å². The number of aryl methyl sites for hydroxylation is 1. The lowest BCUT2D eigenvalue weighted by atomic mass is 10.2. The second-order valence-electron chi connectivity index (χ2n) is 2.76. The van der Waals surface area contributed by atoms with Gasteiger partial charge in [-0.3, -0.25) is 9.48 Å². The maximum Gasteiger partial charge on any atom is 0.242 e. The van der Waals surface area contributed by atoms with Gasteiger partial charge in [0.25, 0.3) is 0 Å². The molecule has 1 heterocycles. The van der Waals surface area contributed by atoms with E-state index in [0.29, 0.717) is 6.42 Å². The number of nitrogens with zero attached hydrogens (tertiary/aromatic N) is 2. The Morgan fingerprint density at radius 3 is 2.83 bits per heavy atom. The van der Waals surface area contributed by atoms with Crippen LogP contribution in [0.15, 0.2) is 12.3 Å². The van der Waals surface area contributed by atoms with Gasteiger partial charge in [0.05, 0.1) is 5.69 Å². The van der Waals surface area contributed by atoms with Gasteiger partial charge in [-0.15, -0.1) is 0 Å². The first-order valence-electron chi connectivity index (χ1n) is 3.96. The summed E-state index contributed by atoms with van der Waals surface area (Å²) < 4.78 is 1.61. The molecule has 0 aliphatic carbocycles. The molecule has 2 N–H and O–H groups in total. The van der Waals surface area contributed by atoms with Crippen molar-refractivity contribution < 1.29 is 4.79 Å². The minimum atomic E-state index is -0.333. The number of aromatic nitrogens is 2. The zero-order valence-electron chi connectivity index (χ0n) is 7.32. The van der Waals surface area contributed by atoms with E-state index in [1.165, 1.54) is 0 Å². The van der Waals surface area contributed by atoms with Crippen molar-refractivity contribution >= 4 is 5.91 Å². The fourth-order valence-corrected chi connectivity index (χ4v) is 1.13. The molecule has 0 radical (unpaired) electrons. The fraction of sp³-hybridized carbons (Fsp3) is 0.500. The predicted molar refractivity (Wildman–Crippen MR) is 45.5 cm³/mol. The van der Waals surface area contributed by atoms with Gasteiger partial charge in [-0.05, 0) is 19.4 Å². The van der Waals surface area contributed by atoms with Crippen LogP contribution in [-0.2, 0) is 4.79 Å². The Morgan fingerprint density at radius 2 is 2.50 bits per heavy atom. The SMILES string of the molecule is CCC(C(N)=O)n1ccc(C)n1. The van der Waals surface area contributed by atoms with Gasteiger partial charge in [-0.1, -0.05) is 6.92 Å². The zero-order chi connectivity index (χ0) is 9.14. The molecule has 1 unspecified atom stereocenters. The van der Waals surface area contributed by atoms with Gasteiger partial charge in [0.2, 0.25) is 5.91 Å². The molecule has 0 aromatic carbocycles. The van der Waals surface area contributed by atoms with Crippen molar-refractivity contribution in [2.75, 3.05) is 0 Å². The quantitative estimate of drug-likeness (QED) is 0.717. The lowest BCUT2D eigenvalue weighted by molar-refractivity contribution is -0.121. The summed E-state index contributed by atoms with van der Waals surface area (Å²) in [6.07, 6.45) is 2.45. The van der Waals surface area contributed by atoms with Crippen LogP contribution in [0.5, 0.6) is 0 Å². The third kappa shape index (κ3) is 1.64. The number of nitrogens with two attached hydrogens (primary N) is 1. The van der Waals surface area contributed by atoms with Crippen LogP contribution >= 0.6 is 0 Å². The van der Waals surface area contributed by atoms with Crippen LogP contribution in [-0.4, -0.2) is 15.7 Å². The lowest BCUT2D eigenvalue weighted by Crippen LogP contribution is -2.26. The van der Waals surface area contributed by atoms with Crippen LogP contribution < -0.4 is 5.73 Å². The van der Waals surface area contributed by atoms with Gasteiger partial charge in [-0.2, -0.15) is 5.10 Å². The van der Waals surface area contributed by atoms with E-state index in [4.69, 9.17) is 5.73 Å². The van der Waals surface area contributed by atoms with Gasteiger partial charge >= 0.3 is 0 Å². The van der Waals surface area contributed by atoms with Crippen molar-refractivity contribution in [2.24, 2.45) is 5.73 Å². The molecule has 1 amide bonds. The molecule has 1 aromatic rings. The van der Waals surface area contributed by atoms with Crippen LogP contribution in [0.1, 0.15) is 25.1 Å². The highest BCUT2D eigenvalue weighted by molar-refractivity contribution is 5.78. The van der Waals surface area contributed by atoms with E-state index in [1.54, 1.807) is 10.9 Å². The smallest absolute Gasteiger partial charge is 0.242 e.